The summed E-state index contributed by atoms with van der Waals surface area (Å²) in [5.41, 5.74) is 3.14. The molecule has 1 N–H and O–H groups in total. The van der Waals surface area contributed by atoms with Crippen LogP contribution in [0.2, 0.25) is 5.02 Å². The summed E-state index contributed by atoms with van der Waals surface area (Å²) in [6.07, 6.45) is 1.79. The fourth-order valence-corrected chi connectivity index (χ4v) is 4.61. The predicted octanol–water partition coefficient (Wildman–Crippen LogP) is 6.07. The number of carbonyl (C=O) groups excluding carboxylic acids is 2. The van der Waals surface area contributed by atoms with E-state index in [-0.39, 0.29) is 18.4 Å². The second-order valence-electron chi connectivity index (χ2n) is 7.22. The van der Waals surface area contributed by atoms with Crippen LogP contribution in [0.3, 0.4) is 0 Å². The lowest BCUT2D eigenvalue weighted by molar-refractivity contribution is -0.118. The van der Waals surface area contributed by atoms with E-state index in [9.17, 15) is 9.59 Å². The zero-order valence-corrected chi connectivity index (χ0v) is 20.0. The Kier molecular flexibility index (Phi) is 7.13. The molecule has 1 aliphatic heterocycles. The van der Waals surface area contributed by atoms with Gasteiger partial charge in [0.25, 0.3) is 11.8 Å². The lowest BCUT2D eigenvalue weighted by Crippen LogP contribution is -2.27. The van der Waals surface area contributed by atoms with E-state index in [4.69, 9.17) is 28.6 Å². The number of hydrogen-bond acceptors (Lipinski definition) is 5. The smallest absolute Gasteiger partial charge is 0.270 e. The van der Waals surface area contributed by atoms with Gasteiger partial charge in [-0.3, -0.25) is 14.5 Å². The molecule has 0 spiro atoms. The van der Waals surface area contributed by atoms with Crippen LogP contribution in [0, 0.1) is 6.92 Å². The molecule has 1 saturated heterocycles. The highest BCUT2D eigenvalue weighted by atomic mass is 35.5. The number of rotatable bonds is 6. The monoisotopic (exact) mass is 494 g/mol. The van der Waals surface area contributed by atoms with Gasteiger partial charge in [-0.05, 0) is 60.5 Å². The van der Waals surface area contributed by atoms with Gasteiger partial charge in [-0.1, -0.05) is 72.0 Å². The standard InChI is InChI=1S/C25H19ClN2O3S2/c1-16-7-10-18(26)14-21(16)27-23(29)15-31-20-11-8-17(9-12-20)13-22-24(30)28(25(32)33-22)19-5-3-2-4-6-19/h2-14H,15H2,1H3,(H,27,29)/b22-13-. The number of halogens is 1. The molecule has 5 nitrogen and oxygen atoms in total. The number of benzene rings is 3. The van der Waals surface area contributed by atoms with Gasteiger partial charge >= 0.3 is 0 Å². The van der Waals surface area contributed by atoms with E-state index in [0.29, 0.717) is 25.7 Å². The van der Waals surface area contributed by atoms with Crippen molar-refractivity contribution in [2.45, 2.75) is 6.92 Å². The third-order valence-corrected chi connectivity index (χ3v) is 6.37. The highest BCUT2D eigenvalue weighted by Gasteiger charge is 2.33. The van der Waals surface area contributed by atoms with Crippen LogP contribution >= 0.6 is 35.6 Å². The summed E-state index contributed by atoms with van der Waals surface area (Å²) in [5.74, 6) is 0.112. The molecule has 4 rings (SSSR count). The molecule has 1 aliphatic rings. The van der Waals surface area contributed by atoms with E-state index in [1.165, 1.54) is 16.7 Å². The zero-order chi connectivity index (χ0) is 23.4. The molecule has 1 fully saturated rings. The molecule has 0 bridgehead atoms. The molecule has 0 aliphatic carbocycles. The number of anilines is 2. The first-order valence-corrected chi connectivity index (χ1v) is 11.6. The first kappa shape index (κ1) is 23.0. The van der Waals surface area contributed by atoms with Crippen LogP contribution in [0.25, 0.3) is 6.08 Å². The van der Waals surface area contributed by atoms with Crippen LogP contribution in [-0.2, 0) is 9.59 Å². The third kappa shape index (κ3) is 5.63. The fraction of sp³-hybridized carbons (Fsp3) is 0.0800. The van der Waals surface area contributed by atoms with E-state index in [1.54, 1.807) is 30.3 Å². The number of ether oxygens (including phenoxy) is 1. The predicted molar refractivity (Wildman–Crippen MR) is 139 cm³/mol. The Morgan fingerprint density at radius 1 is 1.12 bits per heavy atom. The van der Waals surface area contributed by atoms with Gasteiger partial charge in [-0.25, -0.2) is 0 Å². The number of amides is 2. The largest absolute Gasteiger partial charge is 0.484 e. The van der Waals surface area contributed by atoms with Gasteiger partial charge in [0.15, 0.2) is 10.9 Å². The van der Waals surface area contributed by atoms with Crippen LogP contribution in [-0.4, -0.2) is 22.7 Å². The molecule has 3 aromatic carbocycles. The summed E-state index contributed by atoms with van der Waals surface area (Å²) in [7, 11) is 0. The van der Waals surface area contributed by atoms with Crippen molar-refractivity contribution in [1.29, 1.82) is 0 Å². The lowest BCUT2D eigenvalue weighted by atomic mass is 10.2. The average molecular weight is 495 g/mol. The van der Waals surface area contributed by atoms with Gasteiger partial charge in [0.05, 0.1) is 10.6 Å². The molecule has 0 radical (unpaired) electrons. The molecule has 0 aromatic heterocycles. The maximum absolute atomic E-state index is 12.8. The van der Waals surface area contributed by atoms with Gasteiger partial charge in [0.1, 0.15) is 5.75 Å². The molecule has 2 amide bonds. The molecule has 33 heavy (non-hydrogen) atoms. The van der Waals surface area contributed by atoms with Gasteiger partial charge < -0.3 is 10.1 Å². The van der Waals surface area contributed by atoms with Crippen LogP contribution in [0.1, 0.15) is 11.1 Å². The first-order valence-electron chi connectivity index (χ1n) is 10.0. The number of thiocarbonyl (C=S) groups is 1. The summed E-state index contributed by atoms with van der Waals surface area (Å²) in [4.78, 5) is 27.1. The van der Waals surface area contributed by atoms with E-state index >= 15 is 0 Å². The van der Waals surface area contributed by atoms with Crippen LogP contribution in [0.4, 0.5) is 11.4 Å². The number of para-hydroxylation sites is 1. The molecule has 0 atom stereocenters. The highest BCUT2D eigenvalue weighted by molar-refractivity contribution is 8.27. The van der Waals surface area contributed by atoms with Crippen LogP contribution < -0.4 is 15.0 Å². The van der Waals surface area contributed by atoms with Crippen LogP contribution in [0.15, 0.2) is 77.7 Å². The molecular weight excluding hydrogens is 476 g/mol. The molecule has 166 valence electrons. The number of nitrogens with one attached hydrogen (secondary N) is 1. The van der Waals surface area contributed by atoms with Crippen molar-refractivity contribution in [2.24, 2.45) is 0 Å². The molecule has 0 saturated carbocycles. The van der Waals surface area contributed by atoms with Gasteiger partial charge in [0, 0.05) is 10.7 Å². The molecule has 8 heteroatoms. The number of nitrogens with zero attached hydrogens (tertiary/aromatic N) is 1. The topological polar surface area (TPSA) is 58.6 Å². The average Bonchev–Trinajstić information content (AvgIpc) is 3.09. The number of aryl methyl sites for hydroxylation is 1. The van der Waals surface area contributed by atoms with Crippen molar-refractivity contribution in [3.63, 3.8) is 0 Å². The summed E-state index contributed by atoms with van der Waals surface area (Å²) in [6.45, 7) is 1.75. The van der Waals surface area contributed by atoms with Crippen molar-refractivity contribution < 1.29 is 14.3 Å². The van der Waals surface area contributed by atoms with Gasteiger partial charge in [-0.15, -0.1) is 0 Å². The van der Waals surface area contributed by atoms with Crippen molar-refractivity contribution in [1.82, 2.24) is 0 Å². The second kappa shape index (κ2) is 10.2. The van der Waals surface area contributed by atoms with Crippen molar-refractivity contribution in [2.75, 3.05) is 16.8 Å². The molecular formula is C25H19ClN2O3S2. The minimum absolute atomic E-state index is 0.138. The SMILES string of the molecule is Cc1ccc(Cl)cc1NC(=O)COc1ccc(/C=C2\SC(=S)N(c3ccccc3)C2=O)cc1. The quantitative estimate of drug-likeness (QED) is 0.333. The Bertz CT molecular complexity index is 1240. The van der Waals surface area contributed by atoms with E-state index in [0.717, 1.165) is 16.8 Å². The maximum Gasteiger partial charge on any atom is 0.270 e. The first-order chi connectivity index (χ1) is 15.9. The Morgan fingerprint density at radius 2 is 1.85 bits per heavy atom. The normalized spacial score (nSPS) is 14.6. The van der Waals surface area contributed by atoms with E-state index < -0.39 is 0 Å². The molecule has 0 unspecified atom stereocenters. The van der Waals surface area contributed by atoms with Gasteiger partial charge in [-0.2, -0.15) is 0 Å². The van der Waals surface area contributed by atoms with Gasteiger partial charge in [0.2, 0.25) is 0 Å². The summed E-state index contributed by atoms with van der Waals surface area (Å²) in [6, 6.07) is 21.8. The molecule has 3 aromatic rings. The van der Waals surface area contributed by atoms with Crippen molar-refractivity contribution in [3.05, 3.63) is 93.9 Å². The Labute approximate surface area is 206 Å². The summed E-state index contributed by atoms with van der Waals surface area (Å²) >= 11 is 12.6. The summed E-state index contributed by atoms with van der Waals surface area (Å²) < 4.78 is 6.08. The zero-order valence-electron chi connectivity index (χ0n) is 17.6. The Morgan fingerprint density at radius 3 is 2.58 bits per heavy atom. The second-order valence-corrected chi connectivity index (χ2v) is 9.33. The van der Waals surface area contributed by atoms with Crippen molar-refractivity contribution in [3.8, 4) is 5.75 Å². The number of thioether (sulfide) groups is 1. The Balaban J connectivity index is 1.37. The third-order valence-electron chi connectivity index (χ3n) is 4.83. The highest BCUT2D eigenvalue weighted by Crippen LogP contribution is 2.36. The van der Waals surface area contributed by atoms with E-state index in [1.807, 2.05) is 55.5 Å². The summed E-state index contributed by atoms with van der Waals surface area (Å²) in [5, 5.41) is 3.34. The Hall–Kier alpha value is -3.13. The number of carbonyl (C=O) groups is 2. The fourth-order valence-electron chi connectivity index (χ4n) is 3.14. The minimum Gasteiger partial charge on any atom is -0.484 e. The molecule has 1 heterocycles. The van der Waals surface area contributed by atoms with E-state index in [2.05, 4.69) is 5.32 Å². The minimum atomic E-state index is -0.283. The van der Waals surface area contributed by atoms with Crippen LogP contribution in [0.5, 0.6) is 5.75 Å². The lowest BCUT2D eigenvalue weighted by Gasteiger charge is -2.13. The van der Waals surface area contributed by atoms with Crippen molar-refractivity contribution >= 4 is 69.2 Å². The maximum atomic E-state index is 12.8. The number of hydrogen-bond donors (Lipinski definition) is 1.